The Kier molecular flexibility index (Phi) is 3.65. The molecule has 5 nitrogen and oxygen atoms in total. The summed E-state index contributed by atoms with van der Waals surface area (Å²) in [6.07, 6.45) is 3.79. The van der Waals surface area contributed by atoms with E-state index in [-0.39, 0.29) is 0 Å². The minimum absolute atomic E-state index is 0.456. The number of nitrogens with zero attached hydrogens (tertiary/aromatic N) is 2. The predicted molar refractivity (Wildman–Crippen MR) is 54.4 cm³/mol. The molecule has 0 amide bonds. The van der Waals surface area contributed by atoms with Gasteiger partial charge in [0.15, 0.2) is 0 Å². The van der Waals surface area contributed by atoms with Crippen LogP contribution >= 0.6 is 0 Å². The normalized spacial score (nSPS) is 11.9. The molecule has 0 fully saturated rings. The Balaban J connectivity index is 2.23. The first kappa shape index (κ1) is 11.2. The Bertz CT molecular complexity index is 383. The van der Waals surface area contributed by atoms with Crippen LogP contribution in [0.5, 0.6) is 0 Å². The van der Waals surface area contributed by atoms with Gasteiger partial charge in [0.25, 0.3) is 0 Å². The second kappa shape index (κ2) is 4.56. The van der Waals surface area contributed by atoms with Gasteiger partial charge in [0.2, 0.25) is 10.0 Å². The largest absolute Gasteiger partial charge is 0.272 e. The number of aromatic nitrogens is 2. The molecule has 0 saturated heterocycles. The van der Waals surface area contributed by atoms with Gasteiger partial charge in [-0.1, -0.05) is 0 Å². The number of sulfonamides is 1. The van der Waals surface area contributed by atoms with Gasteiger partial charge < -0.3 is 0 Å². The van der Waals surface area contributed by atoms with E-state index in [2.05, 4.69) is 9.82 Å². The molecular weight excluding hydrogens is 202 g/mol. The maximum absolute atomic E-state index is 10.7. The van der Waals surface area contributed by atoms with Crippen LogP contribution in [-0.4, -0.2) is 31.0 Å². The molecule has 0 atom stereocenters. The molecular formula is C8H15N3O2S. The molecule has 6 heteroatoms. The van der Waals surface area contributed by atoms with Gasteiger partial charge >= 0.3 is 0 Å². The van der Waals surface area contributed by atoms with Gasteiger partial charge in [0.1, 0.15) is 0 Å². The number of hydrogen-bond donors (Lipinski definition) is 1. The van der Waals surface area contributed by atoms with Crippen molar-refractivity contribution in [2.45, 2.75) is 19.9 Å². The summed E-state index contributed by atoms with van der Waals surface area (Å²) in [5.74, 6) is 0. The zero-order valence-corrected chi connectivity index (χ0v) is 9.21. The summed E-state index contributed by atoms with van der Waals surface area (Å²) in [6, 6.07) is 1.92. The van der Waals surface area contributed by atoms with Crippen molar-refractivity contribution in [1.29, 1.82) is 0 Å². The molecule has 0 aliphatic rings. The third kappa shape index (κ3) is 4.38. The maximum atomic E-state index is 10.7. The molecule has 0 spiro atoms. The summed E-state index contributed by atoms with van der Waals surface area (Å²) in [4.78, 5) is 0. The molecule has 0 radical (unpaired) electrons. The van der Waals surface area contributed by atoms with E-state index in [9.17, 15) is 8.42 Å². The topological polar surface area (TPSA) is 64.0 Å². The van der Waals surface area contributed by atoms with Gasteiger partial charge in [0, 0.05) is 19.3 Å². The fourth-order valence-corrected chi connectivity index (χ4v) is 1.60. The van der Waals surface area contributed by atoms with E-state index in [1.807, 2.05) is 19.2 Å². The third-order valence-corrected chi connectivity index (χ3v) is 2.43. The summed E-state index contributed by atoms with van der Waals surface area (Å²) in [5, 5.41) is 4.18. The van der Waals surface area contributed by atoms with Crippen molar-refractivity contribution in [3.05, 3.63) is 18.0 Å². The van der Waals surface area contributed by atoms with Crippen molar-refractivity contribution < 1.29 is 8.42 Å². The smallest absolute Gasteiger partial charge is 0.208 e. The van der Waals surface area contributed by atoms with Gasteiger partial charge in [-0.2, -0.15) is 5.10 Å². The number of nitrogens with one attached hydrogen (secondary N) is 1. The van der Waals surface area contributed by atoms with E-state index in [1.165, 1.54) is 0 Å². The van der Waals surface area contributed by atoms with Crippen molar-refractivity contribution >= 4 is 10.0 Å². The van der Waals surface area contributed by atoms with E-state index in [1.54, 1.807) is 4.68 Å². The van der Waals surface area contributed by atoms with Crippen molar-refractivity contribution in [3.8, 4) is 0 Å². The first-order valence-corrected chi connectivity index (χ1v) is 6.31. The van der Waals surface area contributed by atoms with Crippen LogP contribution in [0.1, 0.15) is 12.1 Å². The van der Waals surface area contributed by atoms with Crippen LogP contribution in [0, 0.1) is 6.92 Å². The van der Waals surface area contributed by atoms with E-state index in [0.29, 0.717) is 6.54 Å². The molecule has 1 heterocycles. The van der Waals surface area contributed by atoms with Crippen molar-refractivity contribution in [1.82, 2.24) is 14.5 Å². The Hall–Kier alpha value is -0.880. The van der Waals surface area contributed by atoms with Crippen LogP contribution in [0.4, 0.5) is 0 Å². The van der Waals surface area contributed by atoms with Gasteiger partial charge in [-0.15, -0.1) is 0 Å². The van der Waals surface area contributed by atoms with Crippen molar-refractivity contribution in [3.63, 3.8) is 0 Å². The summed E-state index contributed by atoms with van der Waals surface area (Å²) in [6.45, 7) is 3.11. The molecule has 1 aromatic heterocycles. The van der Waals surface area contributed by atoms with Gasteiger partial charge in [0.05, 0.1) is 11.9 Å². The fraction of sp³-hybridized carbons (Fsp3) is 0.625. The SMILES string of the molecule is Cc1ccn(CCCNS(C)(=O)=O)n1. The Labute approximate surface area is 84.2 Å². The maximum Gasteiger partial charge on any atom is 0.208 e. The second-order valence-electron chi connectivity index (χ2n) is 3.24. The van der Waals surface area contributed by atoms with Crippen LogP contribution < -0.4 is 4.72 Å². The predicted octanol–water partition coefficient (Wildman–Crippen LogP) is 0.131. The molecule has 1 rings (SSSR count). The molecule has 0 aliphatic carbocycles. The van der Waals surface area contributed by atoms with Crippen LogP contribution in [0.2, 0.25) is 0 Å². The average Bonchev–Trinajstić information content (AvgIpc) is 2.44. The lowest BCUT2D eigenvalue weighted by molar-refractivity contribution is 0.554. The highest BCUT2D eigenvalue weighted by molar-refractivity contribution is 7.88. The lowest BCUT2D eigenvalue weighted by Gasteiger charge is -2.02. The zero-order valence-electron chi connectivity index (χ0n) is 8.40. The molecule has 0 aliphatic heterocycles. The number of rotatable bonds is 5. The van der Waals surface area contributed by atoms with Crippen LogP contribution in [0.25, 0.3) is 0 Å². The molecule has 0 aromatic carbocycles. The zero-order chi connectivity index (χ0) is 10.6. The monoisotopic (exact) mass is 217 g/mol. The van der Waals surface area contributed by atoms with E-state index >= 15 is 0 Å². The quantitative estimate of drug-likeness (QED) is 0.713. The molecule has 0 bridgehead atoms. The van der Waals surface area contributed by atoms with E-state index in [0.717, 1.165) is 24.9 Å². The first-order chi connectivity index (χ1) is 6.47. The third-order valence-electron chi connectivity index (χ3n) is 1.70. The van der Waals surface area contributed by atoms with Crippen molar-refractivity contribution in [2.75, 3.05) is 12.8 Å². The average molecular weight is 217 g/mol. The highest BCUT2D eigenvalue weighted by Crippen LogP contribution is 1.94. The summed E-state index contributed by atoms with van der Waals surface area (Å²) in [7, 11) is -3.05. The highest BCUT2D eigenvalue weighted by Gasteiger charge is 1.99. The van der Waals surface area contributed by atoms with Crippen LogP contribution in [-0.2, 0) is 16.6 Å². The fourth-order valence-electron chi connectivity index (χ4n) is 1.09. The lowest BCUT2D eigenvalue weighted by atomic mass is 10.4. The first-order valence-electron chi connectivity index (χ1n) is 4.42. The molecule has 0 saturated carbocycles. The molecule has 80 valence electrons. The highest BCUT2D eigenvalue weighted by atomic mass is 32.2. The summed E-state index contributed by atoms with van der Waals surface area (Å²) < 4.78 is 25.7. The lowest BCUT2D eigenvalue weighted by Crippen LogP contribution is -2.23. The van der Waals surface area contributed by atoms with E-state index < -0.39 is 10.0 Å². The number of hydrogen-bond acceptors (Lipinski definition) is 3. The molecule has 0 unspecified atom stereocenters. The number of aryl methyl sites for hydroxylation is 2. The van der Waals surface area contributed by atoms with Gasteiger partial charge in [-0.05, 0) is 19.4 Å². The van der Waals surface area contributed by atoms with Gasteiger partial charge in [-0.25, -0.2) is 13.1 Å². The molecule has 1 N–H and O–H groups in total. The minimum Gasteiger partial charge on any atom is -0.272 e. The Morgan fingerprint density at radius 3 is 2.79 bits per heavy atom. The standard InChI is InChI=1S/C8H15N3O2S/c1-8-4-7-11(10-8)6-3-5-9-14(2,12)13/h4,7,9H,3,5-6H2,1-2H3. The summed E-state index contributed by atoms with van der Waals surface area (Å²) in [5.41, 5.74) is 0.973. The summed E-state index contributed by atoms with van der Waals surface area (Å²) >= 11 is 0. The molecule has 1 aromatic rings. The second-order valence-corrected chi connectivity index (χ2v) is 5.07. The Morgan fingerprint density at radius 1 is 1.57 bits per heavy atom. The van der Waals surface area contributed by atoms with E-state index in [4.69, 9.17) is 0 Å². The van der Waals surface area contributed by atoms with Crippen LogP contribution in [0.3, 0.4) is 0 Å². The Morgan fingerprint density at radius 2 is 2.29 bits per heavy atom. The van der Waals surface area contributed by atoms with Crippen LogP contribution in [0.15, 0.2) is 12.3 Å². The molecule has 14 heavy (non-hydrogen) atoms. The van der Waals surface area contributed by atoms with Crippen molar-refractivity contribution in [2.24, 2.45) is 0 Å². The van der Waals surface area contributed by atoms with Gasteiger partial charge in [-0.3, -0.25) is 4.68 Å². The minimum atomic E-state index is -3.05.